The molecule has 2 aromatic rings. The average Bonchev–Trinajstić information content (AvgIpc) is 2.86. The molecule has 0 aromatic carbocycles. The first-order valence-electron chi connectivity index (χ1n) is 6.50. The largest absolute Gasteiger partial charge is 0.375 e. The molecule has 114 valence electrons. The molecule has 3 heterocycles. The third kappa shape index (κ3) is 3.81. The minimum atomic E-state index is -0.254. The lowest BCUT2D eigenvalue weighted by Gasteiger charge is -2.35. The zero-order valence-corrected chi connectivity index (χ0v) is 13.0. The normalized spacial score (nSPS) is 15.8. The number of piperazine rings is 1. The molecule has 0 spiro atoms. The summed E-state index contributed by atoms with van der Waals surface area (Å²) in [7, 11) is 0. The van der Waals surface area contributed by atoms with E-state index < -0.39 is 0 Å². The highest BCUT2D eigenvalue weighted by Gasteiger charge is 2.20. The molecular formula is C13H17ClFN5S. The summed E-state index contributed by atoms with van der Waals surface area (Å²) in [4.78, 5) is 13.7. The molecule has 5 nitrogen and oxygen atoms in total. The van der Waals surface area contributed by atoms with E-state index in [4.69, 9.17) is 5.73 Å². The summed E-state index contributed by atoms with van der Waals surface area (Å²) in [6.45, 7) is 4.18. The van der Waals surface area contributed by atoms with E-state index >= 15 is 0 Å². The van der Waals surface area contributed by atoms with Crippen molar-refractivity contribution < 1.29 is 4.39 Å². The molecule has 0 radical (unpaired) electrons. The van der Waals surface area contributed by atoms with Crippen LogP contribution in [-0.2, 0) is 6.54 Å². The Hall–Kier alpha value is -1.44. The zero-order chi connectivity index (χ0) is 13.9. The van der Waals surface area contributed by atoms with Crippen LogP contribution in [0, 0.1) is 5.82 Å². The molecule has 0 atom stereocenters. The molecule has 0 saturated carbocycles. The van der Waals surface area contributed by atoms with Crippen LogP contribution in [0.25, 0.3) is 0 Å². The summed E-state index contributed by atoms with van der Waals surface area (Å²) >= 11 is 1.52. The van der Waals surface area contributed by atoms with E-state index in [1.165, 1.54) is 22.3 Å². The van der Waals surface area contributed by atoms with Gasteiger partial charge in [-0.15, -0.1) is 23.7 Å². The number of nitrogens with two attached hydrogens (primary N) is 1. The van der Waals surface area contributed by atoms with Crippen molar-refractivity contribution in [3.8, 4) is 0 Å². The Kier molecular flexibility index (Phi) is 5.33. The highest BCUT2D eigenvalue weighted by Crippen LogP contribution is 2.20. The number of hydrogen-bond donors (Lipinski definition) is 1. The molecule has 21 heavy (non-hydrogen) atoms. The van der Waals surface area contributed by atoms with Crippen molar-refractivity contribution in [1.29, 1.82) is 0 Å². The van der Waals surface area contributed by atoms with Gasteiger partial charge in [0.2, 0.25) is 0 Å². The van der Waals surface area contributed by atoms with Crippen molar-refractivity contribution in [3.63, 3.8) is 0 Å². The van der Waals surface area contributed by atoms with Gasteiger partial charge in [0.15, 0.2) is 16.8 Å². The van der Waals surface area contributed by atoms with Crippen molar-refractivity contribution in [2.45, 2.75) is 6.54 Å². The smallest absolute Gasteiger partial charge is 0.180 e. The number of anilines is 2. The van der Waals surface area contributed by atoms with Gasteiger partial charge < -0.3 is 10.6 Å². The van der Waals surface area contributed by atoms with E-state index in [0.717, 1.165) is 32.7 Å². The van der Waals surface area contributed by atoms with Gasteiger partial charge in [-0.25, -0.2) is 14.4 Å². The Balaban J connectivity index is 0.00000161. The number of halogens is 2. The van der Waals surface area contributed by atoms with Crippen molar-refractivity contribution >= 4 is 34.7 Å². The molecule has 1 aliphatic rings. The van der Waals surface area contributed by atoms with E-state index in [2.05, 4.69) is 14.9 Å². The summed E-state index contributed by atoms with van der Waals surface area (Å²) < 4.78 is 13.7. The van der Waals surface area contributed by atoms with Gasteiger partial charge in [-0.1, -0.05) is 0 Å². The molecule has 2 aromatic heterocycles. The van der Waals surface area contributed by atoms with Crippen LogP contribution in [0.3, 0.4) is 0 Å². The fourth-order valence-electron chi connectivity index (χ4n) is 2.34. The van der Waals surface area contributed by atoms with Gasteiger partial charge in [0.05, 0.1) is 0 Å². The van der Waals surface area contributed by atoms with E-state index in [1.54, 1.807) is 12.3 Å². The molecule has 1 saturated heterocycles. The van der Waals surface area contributed by atoms with E-state index in [-0.39, 0.29) is 18.2 Å². The first kappa shape index (κ1) is 15.9. The molecule has 0 unspecified atom stereocenters. The summed E-state index contributed by atoms with van der Waals surface area (Å²) in [6, 6.07) is 3.07. The number of nitrogen functional groups attached to an aromatic ring is 1. The fraction of sp³-hybridized carbons (Fsp3) is 0.385. The molecule has 8 heteroatoms. The first-order chi connectivity index (χ1) is 9.72. The van der Waals surface area contributed by atoms with E-state index in [0.29, 0.717) is 10.9 Å². The summed E-state index contributed by atoms with van der Waals surface area (Å²) in [5.41, 5.74) is 5.63. The van der Waals surface area contributed by atoms with Gasteiger partial charge >= 0.3 is 0 Å². The Labute approximate surface area is 133 Å². The second-order valence-corrected chi connectivity index (χ2v) is 5.88. The molecule has 2 N–H and O–H groups in total. The van der Waals surface area contributed by atoms with Crippen LogP contribution in [0.15, 0.2) is 24.5 Å². The number of rotatable bonds is 3. The van der Waals surface area contributed by atoms with Crippen LogP contribution >= 0.6 is 23.7 Å². The maximum atomic E-state index is 13.7. The van der Waals surface area contributed by atoms with Gasteiger partial charge in [-0.05, 0) is 12.1 Å². The summed E-state index contributed by atoms with van der Waals surface area (Å²) in [6.07, 6.45) is 3.45. The lowest BCUT2D eigenvalue weighted by atomic mass is 10.3. The van der Waals surface area contributed by atoms with Gasteiger partial charge in [0, 0.05) is 50.0 Å². The van der Waals surface area contributed by atoms with Crippen LogP contribution in [0.5, 0.6) is 0 Å². The Morgan fingerprint density at radius 2 is 2.00 bits per heavy atom. The van der Waals surface area contributed by atoms with E-state index in [1.807, 2.05) is 11.1 Å². The van der Waals surface area contributed by atoms with Crippen molar-refractivity contribution in [2.75, 3.05) is 36.8 Å². The number of hydrogen-bond acceptors (Lipinski definition) is 6. The third-order valence-corrected chi connectivity index (χ3v) is 4.17. The quantitative estimate of drug-likeness (QED) is 0.933. The predicted octanol–water partition coefficient (Wildman–Crippen LogP) is 2.00. The topological polar surface area (TPSA) is 58.3 Å². The lowest BCUT2D eigenvalue weighted by Crippen LogP contribution is -2.46. The SMILES string of the molecule is Cl.Nc1ncc(CN2CCN(c3ncccc3F)CC2)s1. The minimum absolute atomic E-state index is 0. The monoisotopic (exact) mass is 329 g/mol. The van der Waals surface area contributed by atoms with Crippen molar-refractivity contribution in [1.82, 2.24) is 14.9 Å². The Morgan fingerprint density at radius 1 is 1.24 bits per heavy atom. The van der Waals surface area contributed by atoms with Gasteiger partial charge in [-0.3, -0.25) is 4.90 Å². The van der Waals surface area contributed by atoms with Crippen LogP contribution in [-0.4, -0.2) is 41.0 Å². The van der Waals surface area contributed by atoms with Gasteiger partial charge in [0.25, 0.3) is 0 Å². The standard InChI is InChI=1S/C13H16FN5S.ClH/c14-11-2-1-3-16-12(11)19-6-4-18(5-7-19)9-10-8-17-13(15)20-10;/h1-3,8H,4-7,9H2,(H2,15,17);1H. The van der Waals surface area contributed by atoms with E-state index in [9.17, 15) is 4.39 Å². The summed E-state index contributed by atoms with van der Waals surface area (Å²) in [5, 5.41) is 0.606. The number of thiazole rings is 1. The van der Waals surface area contributed by atoms with Gasteiger partial charge in [-0.2, -0.15) is 0 Å². The number of nitrogens with zero attached hydrogens (tertiary/aromatic N) is 4. The highest BCUT2D eigenvalue weighted by atomic mass is 35.5. The minimum Gasteiger partial charge on any atom is -0.375 e. The number of pyridine rings is 1. The Morgan fingerprint density at radius 3 is 2.62 bits per heavy atom. The third-order valence-electron chi connectivity index (χ3n) is 3.36. The molecule has 0 aliphatic carbocycles. The first-order valence-corrected chi connectivity index (χ1v) is 7.32. The van der Waals surface area contributed by atoms with Crippen LogP contribution in [0.4, 0.5) is 15.3 Å². The number of aromatic nitrogens is 2. The second kappa shape index (κ2) is 7.02. The molecule has 3 rings (SSSR count). The van der Waals surface area contributed by atoms with Crippen LogP contribution in [0.1, 0.15) is 4.88 Å². The molecule has 0 bridgehead atoms. The van der Waals surface area contributed by atoms with Crippen LogP contribution < -0.4 is 10.6 Å². The maximum Gasteiger partial charge on any atom is 0.180 e. The maximum absolute atomic E-state index is 13.7. The zero-order valence-electron chi connectivity index (χ0n) is 11.4. The fourth-order valence-corrected chi connectivity index (χ4v) is 3.07. The molecule has 1 aliphatic heterocycles. The lowest BCUT2D eigenvalue weighted by molar-refractivity contribution is 0.250. The van der Waals surface area contributed by atoms with Gasteiger partial charge in [0.1, 0.15) is 0 Å². The predicted molar refractivity (Wildman–Crippen MR) is 85.5 cm³/mol. The van der Waals surface area contributed by atoms with Crippen molar-refractivity contribution in [3.05, 3.63) is 35.2 Å². The molecule has 1 fully saturated rings. The second-order valence-electron chi connectivity index (χ2n) is 4.74. The Bertz CT molecular complexity index is 585. The van der Waals surface area contributed by atoms with Crippen LogP contribution in [0.2, 0.25) is 0 Å². The summed E-state index contributed by atoms with van der Waals surface area (Å²) in [5.74, 6) is 0.199. The van der Waals surface area contributed by atoms with Crippen molar-refractivity contribution in [2.24, 2.45) is 0 Å². The highest BCUT2D eigenvalue weighted by molar-refractivity contribution is 7.15. The average molecular weight is 330 g/mol. The molecular weight excluding hydrogens is 313 g/mol. The molecule has 0 amide bonds.